The molecule has 1 aromatic heterocycles. The molecule has 0 atom stereocenters. The summed E-state index contributed by atoms with van der Waals surface area (Å²) in [5, 5.41) is 2.75. The molecule has 6 nitrogen and oxygen atoms in total. The summed E-state index contributed by atoms with van der Waals surface area (Å²) in [4.78, 5) is 27.2. The van der Waals surface area contributed by atoms with Gasteiger partial charge in [0.15, 0.2) is 5.89 Å². The van der Waals surface area contributed by atoms with Gasteiger partial charge >= 0.3 is 5.97 Å². The second-order valence-electron chi connectivity index (χ2n) is 4.47. The number of carbonyl (C=O) groups is 2. The summed E-state index contributed by atoms with van der Waals surface area (Å²) < 4.78 is 9.68. The van der Waals surface area contributed by atoms with E-state index in [2.05, 4.69) is 15.0 Å². The molecule has 0 fully saturated rings. The molecule has 0 saturated heterocycles. The zero-order chi connectivity index (χ0) is 15.2. The van der Waals surface area contributed by atoms with E-state index in [9.17, 15) is 9.59 Å². The summed E-state index contributed by atoms with van der Waals surface area (Å²) in [5.41, 5.74) is 1.82. The maximum Gasteiger partial charge on any atom is 0.337 e. The molecule has 1 aromatic carbocycles. The number of nitrogens with one attached hydrogen (secondary N) is 1. The van der Waals surface area contributed by atoms with Crippen LogP contribution in [0.25, 0.3) is 0 Å². The predicted molar refractivity (Wildman–Crippen MR) is 76.0 cm³/mol. The fourth-order valence-electron chi connectivity index (χ4n) is 1.80. The predicted octanol–water partition coefficient (Wildman–Crippen LogP) is 2.34. The van der Waals surface area contributed by atoms with Gasteiger partial charge in [-0.15, -0.1) is 0 Å². The van der Waals surface area contributed by atoms with Crippen LogP contribution in [-0.2, 0) is 16.0 Å². The zero-order valence-electron chi connectivity index (χ0n) is 11.9. The molecule has 1 N–H and O–H groups in total. The van der Waals surface area contributed by atoms with Crippen molar-refractivity contribution in [1.82, 2.24) is 4.98 Å². The number of oxazole rings is 1. The van der Waals surface area contributed by atoms with Crippen molar-refractivity contribution in [2.45, 2.75) is 19.8 Å². The van der Waals surface area contributed by atoms with Crippen LogP contribution < -0.4 is 5.32 Å². The molecule has 0 spiro atoms. The number of nitrogens with zero attached hydrogens (tertiary/aromatic N) is 1. The maximum atomic E-state index is 11.8. The Hall–Kier alpha value is -2.63. The summed E-state index contributed by atoms with van der Waals surface area (Å²) in [7, 11) is 1.32. The van der Waals surface area contributed by atoms with Gasteiger partial charge < -0.3 is 14.5 Å². The summed E-state index contributed by atoms with van der Waals surface area (Å²) in [6, 6.07) is 6.51. The zero-order valence-corrected chi connectivity index (χ0v) is 11.9. The second-order valence-corrected chi connectivity index (χ2v) is 4.47. The Kier molecular flexibility index (Phi) is 4.71. The number of anilines is 1. The molecule has 21 heavy (non-hydrogen) atoms. The first kappa shape index (κ1) is 14.8. The average molecular weight is 288 g/mol. The molecule has 2 rings (SSSR count). The van der Waals surface area contributed by atoms with Crippen LogP contribution in [0.3, 0.4) is 0 Å². The Balaban J connectivity index is 1.86. The number of methoxy groups -OCH3 is 1. The van der Waals surface area contributed by atoms with Gasteiger partial charge in [0.25, 0.3) is 0 Å². The van der Waals surface area contributed by atoms with Crippen LogP contribution in [0.15, 0.2) is 34.9 Å². The molecule has 2 aromatic rings. The van der Waals surface area contributed by atoms with Crippen LogP contribution in [-0.4, -0.2) is 24.0 Å². The molecule has 6 heteroatoms. The average Bonchev–Trinajstić information content (AvgIpc) is 2.91. The number of rotatable bonds is 5. The van der Waals surface area contributed by atoms with E-state index in [1.54, 1.807) is 37.5 Å². The van der Waals surface area contributed by atoms with Gasteiger partial charge in [0.2, 0.25) is 5.91 Å². The van der Waals surface area contributed by atoms with Crippen molar-refractivity contribution >= 4 is 17.6 Å². The molecule has 1 heterocycles. The van der Waals surface area contributed by atoms with Crippen LogP contribution in [0, 0.1) is 6.92 Å². The second kappa shape index (κ2) is 6.69. The van der Waals surface area contributed by atoms with Crippen LogP contribution in [0.1, 0.15) is 28.4 Å². The highest BCUT2D eigenvalue weighted by Crippen LogP contribution is 2.11. The van der Waals surface area contributed by atoms with Gasteiger partial charge in [-0.05, 0) is 24.3 Å². The van der Waals surface area contributed by atoms with Crippen LogP contribution in [0.5, 0.6) is 0 Å². The third-order valence-corrected chi connectivity index (χ3v) is 2.86. The Labute approximate surface area is 122 Å². The van der Waals surface area contributed by atoms with Gasteiger partial charge in [0.1, 0.15) is 6.26 Å². The molecule has 0 unspecified atom stereocenters. The number of ether oxygens (including phenoxy) is 1. The molecule has 0 saturated carbocycles. The first-order valence-electron chi connectivity index (χ1n) is 6.47. The minimum atomic E-state index is -0.408. The molecule has 110 valence electrons. The van der Waals surface area contributed by atoms with E-state index in [0.717, 1.165) is 5.69 Å². The molecule has 0 aliphatic rings. The van der Waals surface area contributed by atoms with E-state index in [4.69, 9.17) is 4.42 Å². The van der Waals surface area contributed by atoms with Gasteiger partial charge in [-0.1, -0.05) is 0 Å². The molecular formula is C15H16N2O4. The van der Waals surface area contributed by atoms with Crippen molar-refractivity contribution in [1.29, 1.82) is 0 Å². The number of aryl methyl sites for hydroxylation is 2. The van der Waals surface area contributed by atoms with E-state index < -0.39 is 5.97 Å². The van der Waals surface area contributed by atoms with Crippen molar-refractivity contribution in [3.8, 4) is 0 Å². The number of carbonyl (C=O) groups excluding carboxylic acids is 2. The standard InChI is InChI=1S/C15H16N2O4/c1-10-16-13(9-21-10)7-8-14(18)17-12-5-3-11(4-6-12)15(19)20-2/h3-6,9H,7-8H2,1-2H3,(H,17,18). The number of hydrogen-bond donors (Lipinski definition) is 1. The van der Waals surface area contributed by atoms with Crippen LogP contribution in [0.4, 0.5) is 5.69 Å². The third-order valence-electron chi connectivity index (χ3n) is 2.86. The van der Waals surface area contributed by atoms with Crippen molar-refractivity contribution in [3.05, 3.63) is 47.7 Å². The number of amides is 1. The SMILES string of the molecule is COC(=O)c1ccc(NC(=O)CCc2coc(C)n2)cc1. The lowest BCUT2D eigenvalue weighted by Gasteiger charge is -2.05. The highest BCUT2D eigenvalue weighted by Gasteiger charge is 2.08. The van der Waals surface area contributed by atoms with Gasteiger partial charge in [-0.25, -0.2) is 9.78 Å². The molecule has 0 aliphatic heterocycles. The van der Waals surface area contributed by atoms with E-state index >= 15 is 0 Å². The largest absolute Gasteiger partial charge is 0.465 e. The fourth-order valence-corrected chi connectivity index (χ4v) is 1.80. The van der Waals surface area contributed by atoms with Gasteiger partial charge in [-0.3, -0.25) is 4.79 Å². The Morgan fingerprint density at radius 3 is 2.57 bits per heavy atom. The third kappa shape index (κ3) is 4.17. The first-order valence-corrected chi connectivity index (χ1v) is 6.47. The first-order chi connectivity index (χ1) is 10.1. The number of benzene rings is 1. The lowest BCUT2D eigenvalue weighted by molar-refractivity contribution is -0.116. The minimum Gasteiger partial charge on any atom is -0.465 e. The van der Waals surface area contributed by atoms with E-state index in [1.807, 2.05) is 0 Å². The van der Waals surface area contributed by atoms with E-state index in [1.165, 1.54) is 7.11 Å². The van der Waals surface area contributed by atoms with Crippen molar-refractivity contribution in [2.24, 2.45) is 0 Å². The van der Waals surface area contributed by atoms with Crippen LogP contribution in [0.2, 0.25) is 0 Å². The summed E-state index contributed by atoms with van der Waals surface area (Å²) >= 11 is 0. The van der Waals surface area contributed by atoms with Gasteiger partial charge in [-0.2, -0.15) is 0 Å². The van der Waals surface area contributed by atoms with Crippen molar-refractivity contribution in [2.75, 3.05) is 12.4 Å². The highest BCUT2D eigenvalue weighted by atomic mass is 16.5. The number of esters is 1. The van der Waals surface area contributed by atoms with Crippen molar-refractivity contribution in [3.63, 3.8) is 0 Å². The maximum absolute atomic E-state index is 11.8. The Morgan fingerprint density at radius 1 is 1.29 bits per heavy atom. The van der Waals surface area contributed by atoms with Gasteiger partial charge in [0.05, 0.1) is 18.4 Å². The quantitative estimate of drug-likeness (QED) is 0.854. The lowest BCUT2D eigenvalue weighted by atomic mass is 10.2. The summed E-state index contributed by atoms with van der Waals surface area (Å²) in [6.45, 7) is 1.76. The smallest absolute Gasteiger partial charge is 0.337 e. The monoisotopic (exact) mass is 288 g/mol. The normalized spacial score (nSPS) is 10.2. The summed E-state index contributed by atoms with van der Waals surface area (Å²) in [6.07, 6.45) is 2.38. The molecule has 0 radical (unpaired) electrons. The molecule has 0 aliphatic carbocycles. The molecule has 1 amide bonds. The van der Waals surface area contributed by atoms with E-state index in [-0.39, 0.29) is 5.91 Å². The van der Waals surface area contributed by atoms with E-state index in [0.29, 0.717) is 30.0 Å². The lowest BCUT2D eigenvalue weighted by Crippen LogP contribution is -2.12. The fraction of sp³-hybridized carbons (Fsp3) is 0.267. The van der Waals surface area contributed by atoms with Gasteiger partial charge in [0, 0.05) is 25.5 Å². The summed E-state index contributed by atoms with van der Waals surface area (Å²) in [5.74, 6) is 0.0551. The van der Waals surface area contributed by atoms with Crippen LogP contribution >= 0.6 is 0 Å². The Morgan fingerprint density at radius 2 is 2.00 bits per heavy atom. The Bertz CT molecular complexity index is 631. The van der Waals surface area contributed by atoms with Crippen molar-refractivity contribution < 1.29 is 18.7 Å². The minimum absolute atomic E-state index is 0.124. The molecular weight excluding hydrogens is 272 g/mol. The number of aromatic nitrogens is 1. The highest BCUT2D eigenvalue weighted by molar-refractivity contribution is 5.93. The number of hydrogen-bond acceptors (Lipinski definition) is 5. The molecule has 0 bridgehead atoms. The topological polar surface area (TPSA) is 81.4 Å².